The van der Waals surface area contributed by atoms with Crippen LogP contribution in [0.4, 0.5) is 0 Å². The molecule has 0 amide bonds. The zero-order valence-electron chi connectivity index (χ0n) is 12.9. The van der Waals surface area contributed by atoms with Crippen molar-refractivity contribution in [3.05, 3.63) is 23.8 Å². The molecule has 1 N–H and O–H groups in total. The largest absolute Gasteiger partial charge is 0.497 e. The van der Waals surface area contributed by atoms with Gasteiger partial charge in [0.1, 0.15) is 11.5 Å². The predicted octanol–water partition coefficient (Wildman–Crippen LogP) is 3.76. The zero-order chi connectivity index (χ0) is 14.3. The SMILES string of the molecule is CCCCOc1cc(OC)ccc1CNC(C)(C)C. The molecule has 3 nitrogen and oxygen atoms in total. The lowest BCUT2D eigenvalue weighted by atomic mass is 10.1. The Morgan fingerprint density at radius 2 is 1.95 bits per heavy atom. The second-order valence-corrected chi connectivity index (χ2v) is 5.78. The Morgan fingerprint density at radius 1 is 1.21 bits per heavy atom. The molecular weight excluding hydrogens is 238 g/mol. The van der Waals surface area contributed by atoms with Gasteiger partial charge in [-0.15, -0.1) is 0 Å². The van der Waals surface area contributed by atoms with Crippen molar-refractivity contribution >= 4 is 0 Å². The van der Waals surface area contributed by atoms with E-state index in [-0.39, 0.29) is 5.54 Å². The average Bonchev–Trinajstić information content (AvgIpc) is 2.36. The lowest BCUT2D eigenvalue weighted by Gasteiger charge is -2.22. The fourth-order valence-electron chi connectivity index (χ4n) is 1.63. The minimum atomic E-state index is 0.0978. The first kappa shape index (κ1) is 15.8. The summed E-state index contributed by atoms with van der Waals surface area (Å²) in [6.07, 6.45) is 2.21. The van der Waals surface area contributed by atoms with Crippen LogP contribution in [0.15, 0.2) is 18.2 Å². The van der Waals surface area contributed by atoms with E-state index >= 15 is 0 Å². The maximum Gasteiger partial charge on any atom is 0.127 e. The van der Waals surface area contributed by atoms with Crippen LogP contribution in [0.25, 0.3) is 0 Å². The van der Waals surface area contributed by atoms with Crippen molar-refractivity contribution in [2.24, 2.45) is 0 Å². The monoisotopic (exact) mass is 265 g/mol. The number of methoxy groups -OCH3 is 1. The van der Waals surface area contributed by atoms with Crippen molar-refractivity contribution in [2.45, 2.75) is 52.6 Å². The number of unbranched alkanes of at least 4 members (excludes halogenated alkanes) is 1. The van der Waals surface area contributed by atoms with E-state index in [0.29, 0.717) is 0 Å². The van der Waals surface area contributed by atoms with Crippen LogP contribution in [0.5, 0.6) is 11.5 Å². The molecule has 0 aliphatic carbocycles. The summed E-state index contributed by atoms with van der Waals surface area (Å²) in [5, 5.41) is 3.49. The summed E-state index contributed by atoms with van der Waals surface area (Å²) in [6.45, 7) is 10.2. The lowest BCUT2D eigenvalue weighted by molar-refractivity contribution is 0.301. The van der Waals surface area contributed by atoms with Crippen molar-refractivity contribution in [3.8, 4) is 11.5 Å². The molecule has 108 valence electrons. The molecule has 0 unspecified atom stereocenters. The van der Waals surface area contributed by atoms with Crippen LogP contribution in [0.2, 0.25) is 0 Å². The highest BCUT2D eigenvalue weighted by molar-refractivity contribution is 5.40. The van der Waals surface area contributed by atoms with Gasteiger partial charge in [-0.1, -0.05) is 19.4 Å². The fraction of sp³-hybridized carbons (Fsp3) is 0.625. The molecule has 0 aliphatic heterocycles. The molecule has 0 aromatic heterocycles. The average molecular weight is 265 g/mol. The van der Waals surface area contributed by atoms with Crippen LogP contribution >= 0.6 is 0 Å². The Labute approximate surface area is 117 Å². The summed E-state index contributed by atoms with van der Waals surface area (Å²) in [6, 6.07) is 6.01. The normalized spacial score (nSPS) is 11.4. The number of hydrogen-bond donors (Lipinski definition) is 1. The molecule has 0 saturated heterocycles. The van der Waals surface area contributed by atoms with E-state index in [4.69, 9.17) is 9.47 Å². The second kappa shape index (κ2) is 7.39. The number of hydrogen-bond acceptors (Lipinski definition) is 3. The third-order valence-corrected chi connectivity index (χ3v) is 2.84. The van der Waals surface area contributed by atoms with Crippen molar-refractivity contribution in [2.75, 3.05) is 13.7 Å². The topological polar surface area (TPSA) is 30.5 Å². The minimum absolute atomic E-state index is 0.0978. The summed E-state index contributed by atoms with van der Waals surface area (Å²) in [5.41, 5.74) is 1.27. The third kappa shape index (κ3) is 5.97. The van der Waals surface area contributed by atoms with Gasteiger partial charge in [-0.2, -0.15) is 0 Å². The molecule has 1 aromatic carbocycles. The highest BCUT2D eigenvalue weighted by Crippen LogP contribution is 2.25. The van der Waals surface area contributed by atoms with E-state index < -0.39 is 0 Å². The first-order chi connectivity index (χ1) is 8.96. The molecule has 1 aromatic rings. The van der Waals surface area contributed by atoms with E-state index in [1.54, 1.807) is 7.11 Å². The van der Waals surface area contributed by atoms with Crippen LogP contribution in [0, 0.1) is 0 Å². The Hall–Kier alpha value is -1.22. The van der Waals surface area contributed by atoms with Crippen LogP contribution in [0.3, 0.4) is 0 Å². The molecule has 0 atom stereocenters. The van der Waals surface area contributed by atoms with Gasteiger partial charge in [0, 0.05) is 23.7 Å². The number of nitrogens with one attached hydrogen (secondary N) is 1. The molecule has 0 aliphatic rings. The van der Waals surface area contributed by atoms with Crippen molar-refractivity contribution in [1.82, 2.24) is 5.32 Å². The molecule has 0 radical (unpaired) electrons. The Morgan fingerprint density at radius 3 is 2.53 bits per heavy atom. The van der Waals surface area contributed by atoms with Gasteiger partial charge in [0.15, 0.2) is 0 Å². The summed E-state index contributed by atoms with van der Waals surface area (Å²) in [5.74, 6) is 1.76. The molecule has 3 heteroatoms. The van der Waals surface area contributed by atoms with Gasteiger partial charge in [-0.25, -0.2) is 0 Å². The van der Waals surface area contributed by atoms with Crippen molar-refractivity contribution in [3.63, 3.8) is 0 Å². The molecule has 19 heavy (non-hydrogen) atoms. The van der Waals surface area contributed by atoms with Crippen molar-refractivity contribution < 1.29 is 9.47 Å². The maximum absolute atomic E-state index is 5.87. The Kier molecular flexibility index (Phi) is 6.16. The standard InChI is InChI=1S/C16H27NO2/c1-6-7-10-19-15-11-14(18-5)9-8-13(15)12-17-16(2,3)4/h8-9,11,17H,6-7,10,12H2,1-5H3. The van der Waals surface area contributed by atoms with E-state index in [1.807, 2.05) is 12.1 Å². The summed E-state index contributed by atoms with van der Waals surface area (Å²) in [7, 11) is 1.68. The van der Waals surface area contributed by atoms with E-state index in [0.717, 1.165) is 37.5 Å². The van der Waals surface area contributed by atoms with Crippen LogP contribution < -0.4 is 14.8 Å². The molecule has 0 fully saturated rings. The molecule has 0 bridgehead atoms. The highest BCUT2D eigenvalue weighted by Gasteiger charge is 2.11. The third-order valence-electron chi connectivity index (χ3n) is 2.84. The zero-order valence-corrected chi connectivity index (χ0v) is 12.9. The minimum Gasteiger partial charge on any atom is -0.497 e. The number of ether oxygens (including phenoxy) is 2. The summed E-state index contributed by atoms with van der Waals surface area (Å²) >= 11 is 0. The lowest BCUT2D eigenvalue weighted by Crippen LogP contribution is -2.35. The highest BCUT2D eigenvalue weighted by atomic mass is 16.5. The molecule has 1 rings (SSSR count). The van der Waals surface area contributed by atoms with E-state index in [1.165, 1.54) is 5.56 Å². The number of benzene rings is 1. The van der Waals surface area contributed by atoms with Gasteiger partial charge in [-0.3, -0.25) is 0 Å². The van der Waals surface area contributed by atoms with Gasteiger partial charge in [-0.05, 0) is 33.3 Å². The van der Waals surface area contributed by atoms with Gasteiger partial charge < -0.3 is 14.8 Å². The van der Waals surface area contributed by atoms with Crippen LogP contribution in [-0.2, 0) is 6.54 Å². The first-order valence-electron chi connectivity index (χ1n) is 7.01. The molecule has 0 spiro atoms. The van der Waals surface area contributed by atoms with Gasteiger partial charge >= 0.3 is 0 Å². The van der Waals surface area contributed by atoms with Gasteiger partial charge in [0.25, 0.3) is 0 Å². The van der Waals surface area contributed by atoms with Crippen LogP contribution in [-0.4, -0.2) is 19.3 Å². The van der Waals surface area contributed by atoms with E-state index in [9.17, 15) is 0 Å². The fourth-order valence-corrected chi connectivity index (χ4v) is 1.63. The number of rotatable bonds is 7. The van der Waals surface area contributed by atoms with E-state index in [2.05, 4.69) is 39.1 Å². The smallest absolute Gasteiger partial charge is 0.127 e. The Bertz CT molecular complexity index is 383. The maximum atomic E-state index is 5.87. The molecular formula is C16H27NO2. The molecule has 0 saturated carbocycles. The Balaban J connectivity index is 2.76. The summed E-state index contributed by atoms with van der Waals surface area (Å²) in [4.78, 5) is 0. The van der Waals surface area contributed by atoms with Crippen LogP contribution in [0.1, 0.15) is 46.1 Å². The van der Waals surface area contributed by atoms with Crippen molar-refractivity contribution in [1.29, 1.82) is 0 Å². The summed E-state index contributed by atoms with van der Waals surface area (Å²) < 4.78 is 11.1. The van der Waals surface area contributed by atoms with Gasteiger partial charge in [0.2, 0.25) is 0 Å². The molecule has 0 heterocycles. The first-order valence-corrected chi connectivity index (χ1v) is 7.01. The second-order valence-electron chi connectivity index (χ2n) is 5.78. The quantitative estimate of drug-likeness (QED) is 0.761. The van der Waals surface area contributed by atoms with Gasteiger partial charge in [0.05, 0.1) is 13.7 Å². The predicted molar refractivity (Wildman–Crippen MR) is 80.0 cm³/mol.